The monoisotopic (exact) mass is 208 g/mol. The highest BCUT2D eigenvalue weighted by Crippen LogP contribution is 1.77. The van der Waals surface area contributed by atoms with Gasteiger partial charge in [0.25, 0.3) is 0 Å². The van der Waals surface area contributed by atoms with Crippen LogP contribution in [0.5, 0.6) is 0 Å². The molecule has 0 heterocycles. The average molecular weight is 208 g/mol. The van der Waals surface area contributed by atoms with Crippen molar-refractivity contribution in [1.82, 2.24) is 10.6 Å². The standard InChI is InChI=1S/C7H16N2OS2/c1-6(2)9-7(11)8-4-5-12(3)10/h6H,4-5H2,1-3H3,(H2,8,9,11). The zero-order valence-corrected chi connectivity index (χ0v) is 9.35. The van der Waals surface area contributed by atoms with Crippen molar-refractivity contribution in [1.29, 1.82) is 0 Å². The smallest absolute Gasteiger partial charge is 0.166 e. The molecule has 0 rings (SSSR count). The van der Waals surface area contributed by atoms with E-state index in [0.717, 1.165) is 0 Å². The van der Waals surface area contributed by atoms with Gasteiger partial charge in [-0.15, -0.1) is 0 Å². The van der Waals surface area contributed by atoms with Crippen molar-refractivity contribution >= 4 is 28.1 Å². The summed E-state index contributed by atoms with van der Waals surface area (Å²) >= 11 is 4.96. The SMILES string of the molecule is CC(C)NC(=S)NCCS(C)=O. The second-order valence-electron chi connectivity index (χ2n) is 2.83. The van der Waals surface area contributed by atoms with Crippen LogP contribution in [0, 0.1) is 0 Å². The summed E-state index contributed by atoms with van der Waals surface area (Å²) in [6.45, 7) is 4.71. The zero-order chi connectivity index (χ0) is 9.56. The normalized spacial score (nSPS) is 12.7. The van der Waals surface area contributed by atoms with Crippen LogP contribution in [0.1, 0.15) is 13.8 Å². The van der Waals surface area contributed by atoms with Crippen molar-refractivity contribution in [3.63, 3.8) is 0 Å². The third-order valence-electron chi connectivity index (χ3n) is 1.09. The summed E-state index contributed by atoms with van der Waals surface area (Å²) in [5.74, 6) is 0.639. The molecule has 3 nitrogen and oxygen atoms in total. The molecule has 0 spiro atoms. The van der Waals surface area contributed by atoms with E-state index in [-0.39, 0.29) is 0 Å². The Kier molecular flexibility index (Phi) is 6.28. The highest BCUT2D eigenvalue weighted by Gasteiger charge is 1.97. The summed E-state index contributed by atoms with van der Waals surface area (Å²) in [5.41, 5.74) is 0. The first kappa shape index (κ1) is 11.8. The molecule has 0 aromatic rings. The number of nitrogens with one attached hydrogen (secondary N) is 2. The van der Waals surface area contributed by atoms with Crippen LogP contribution in [-0.4, -0.2) is 33.9 Å². The largest absolute Gasteiger partial charge is 0.362 e. The molecule has 0 saturated carbocycles. The lowest BCUT2D eigenvalue weighted by molar-refractivity contribution is 0.684. The quantitative estimate of drug-likeness (QED) is 0.649. The van der Waals surface area contributed by atoms with Gasteiger partial charge >= 0.3 is 0 Å². The first-order chi connectivity index (χ1) is 5.52. The number of hydrogen-bond donors (Lipinski definition) is 2. The van der Waals surface area contributed by atoms with Crippen LogP contribution in [0.3, 0.4) is 0 Å². The second-order valence-corrected chi connectivity index (χ2v) is 4.80. The molecule has 12 heavy (non-hydrogen) atoms. The molecule has 0 radical (unpaired) electrons. The van der Waals surface area contributed by atoms with Crippen LogP contribution in [0.4, 0.5) is 0 Å². The molecule has 0 aromatic carbocycles. The second kappa shape index (κ2) is 6.37. The first-order valence-corrected chi connectivity index (χ1v) is 6.00. The fourth-order valence-corrected chi connectivity index (χ4v) is 1.35. The van der Waals surface area contributed by atoms with E-state index in [9.17, 15) is 4.21 Å². The molecule has 0 saturated heterocycles. The van der Waals surface area contributed by atoms with Crippen LogP contribution < -0.4 is 10.6 Å². The lowest BCUT2D eigenvalue weighted by Gasteiger charge is -2.12. The highest BCUT2D eigenvalue weighted by molar-refractivity contribution is 7.84. The molecule has 0 fully saturated rings. The summed E-state index contributed by atoms with van der Waals surface area (Å²) < 4.78 is 10.7. The zero-order valence-electron chi connectivity index (χ0n) is 7.72. The number of thiocarbonyl (C=S) groups is 1. The molecular formula is C7H16N2OS2. The van der Waals surface area contributed by atoms with Crippen LogP contribution in [0.2, 0.25) is 0 Å². The van der Waals surface area contributed by atoms with Gasteiger partial charge in [-0.25, -0.2) is 0 Å². The van der Waals surface area contributed by atoms with Crippen LogP contribution in [0.15, 0.2) is 0 Å². The molecule has 0 aromatic heterocycles. The molecule has 0 aliphatic carbocycles. The lowest BCUT2D eigenvalue weighted by Crippen LogP contribution is -2.40. The van der Waals surface area contributed by atoms with E-state index in [1.807, 2.05) is 13.8 Å². The number of rotatable bonds is 4. The Labute approximate surface area is 81.8 Å². The van der Waals surface area contributed by atoms with Gasteiger partial charge in [0, 0.05) is 35.4 Å². The van der Waals surface area contributed by atoms with Gasteiger partial charge in [0.1, 0.15) is 0 Å². The van der Waals surface area contributed by atoms with E-state index in [0.29, 0.717) is 23.5 Å². The minimum absolute atomic E-state index is 0.345. The van der Waals surface area contributed by atoms with Gasteiger partial charge in [-0.2, -0.15) is 0 Å². The fourth-order valence-electron chi connectivity index (χ4n) is 0.622. The molecule has 1 unspecified atom stereocenters. The Morgan fingerprint density at radius 1 is 1.58 bits per heavy atom. The summed E-state index contributed by atoms with van der Waals surface area (Å²) in [6, 6.07) is 0.345. The highest BCUT2D eigenvalue weighted by atomic mass is 32.2. The molecule has 5 heteroatoms. The molecule has 72 valence electrons. The summed E-state index contributed by atoms with van der Waals surface area (Å²) in [6.07, 6.45) is 1.68. The van der Waals surface area contributed by atoms with Crippen molar-refractivity contribution in [2.75, 3.05) is 18.6 Å². The third kappa shape index (κ3) is 7.94. The van der Waals surface area contributed by atoms with Crippen LogP contribution in [0.25, 0.3) is 0 Å². The van der Waals surface area contributed by atoms with Gasteiger partial charge in [0.15, 0.2) is 5.11 Å². The van der Waals surface area contributed by atoms with Crippen molar-refractivity contribution in [3.8, 4) is 0 Å². The average Bonchev–Trinajstić information content (AvgIpc) is 1.84. The van der Waals surface area contributed by atoms with Gasteiger partial charge in [-0.05, 0) is 26.1 Å². The predicted molar refractivity (Wildman–Crippen MR) is 57.8 cm³/mol. The predicted octanol–water partition coefficient (Wildman–Crippen LogP) is 0.237. The van der Waals surface area contributed by atoms with Crippen LogP contribution in [-0.2, 0) is 10.8 Å². The fraction of sp³-hybridized carbons (Fsp3) is 0.857. The first-order valence-electron chi connectivity index (χ1n) is 3.86. The van der Waals surface area contributed by atoms with Crippen LogP contribution >= 0.6 is 12.2 Å². The molecule has 0 aliphatic heterocycles. The van der Waals surface area contributed by atoms with E-state index in [4.69, 9.17) is 12.2 Å². The minimum Gasteiger partial charge on any atom is -0.362 e. The molecule has 0 bridgehead atoms. The van der Waals surface area contributed by atoms with Crippen molar-refractivity contribution in [2.45, 2.75) is 19.9 Å². The minimum atomic E-state index is -0.745. The van der Waals surface area contributed by atoms with Gasteiger partial charge < -0.3 is 10.6 Å². The summed E-state index contributed by atoms with van der Waals surface area (Å²) in [5, 5.41) is 6.65. The summed E-state index contributed by atoms with van der Waals surface area (Å²) in [4.78, 5) is 0. The van der Waals surface area contributed by atoms with E-state index in [2.05, 4.69) is 10.6 Å². The molecular weight excluding hydrogens is 192 g/mol. The number of hydrogen-bond acceptors (Lipinski definition) is 2. The maximum Gasteiger partial charge on any atom is 0.166 e. The summed E-state index contributed by atoms with van der Waals surface area (Å²) in [7, 11) is -0.745. The molecule has 2 N–H and O–H groups in total. The lowest BCUT2D eigenvalue weighted by atomic mass is 10.4. The van der Waals surface area contributed by atoms with Gasteiger partial charge in [-0.3, -0.25) is 4.21 Å². The van der Waals surface area contributed by atoms with Gasteiger partial charge in [-0.1, -0.05) is 0 Å². The third-order valence-corrected chi connectivity index (χ3v) is 2.14. The van der Waals surface area contributed by atoms with Crippen molar-refractivity contribution in [2.24, 2.45) is 0 Å². The van der Waals surface area contributed by atoms with Crippen molar-refractivity contribution < 1.29 is 4.21 Å². The van der Waals surface area contributed by atoms with E-state index < -0.39 is 10.8 Å². The Balaban J connectivity index is 3.38. The Morgan fingerprint density at radius 3 is 2.58 bits per heavy atom. The molecule has 1 atom stereocenters. The maximum atomic E-state index is 10.7. The molecule has 0 amide bonds. The Morgan fingerprint density at radius 2 is 2.17 bits per heavy atom. The van der Waals surface area contributed by atoms with E-state index in [1.165, 1.54) is 0 Å². The van der Waals surface area contributed by atoms with E-state index >= 15 is 0 Å². The van der Waals surface area contributed by atoms with E-state index in [1.54, 1.807) is 6.26 Å². The van der Waals surface area contributed by atoms with Gasteiger partial charge in [0.2, 0.25) is 0 Å². The maximum absolute atomic E-state index is 10.7. The topological polar surface area (TPSA) is 41.1 Å². The van der Waals surface area contributed by atoms with Crippen molar-refractivity contribution in [3.05, 3.63) is 0 Å². The Bertz CT molecular complexity index is 171. The van der Waals surface area contributed by atoms with Gasteiger partial charge in [0.05, 0.1) is 0 Å². The Hall–Kier alpha value is -0.160. The molecule has 0 aliphatic rings.